The van der Waals surface area contributed by atoms with E-state index in [1.807, 2.05) is 11.6 Å². The molecule has 0 N–H and O–H groups in total. The molecule has 0 bridgehead atoms. The van der Waals surface area contributed by atoms with Gasteiger partial charge in [0.05, 0.1) is 6.54 Å². The molecular weight excluding hydrogens is 356 g/mol. The number of rotatable bonds is 5. The van der Waals surface area contributed by atoms with Gasteiger partial charge >= 0.3 is 0 Å². The maximum Gasteiger partial charge on any atom is 0.260 e. The fourth-order valence-corrected chi connectivity index (χ4v) is 6.00. The highest BCUT2D eigenvalue weighted by molar-refractivity contribution is 7.89. The first kappa shape index (κ1) is 17.1. The molecule has 2 fully saturated rings. The Morgan fingerprint density at radius 2 is 2.08 bits per heavy atom. The summed E-state index contributed by atoms with van der Waals surface area (Å²) in [5.41, 5.74) is 0.280. The Morgan fingerprint density at radius 1 is 1.28 bits per heavy atom. The number of thiazole rings is 1. The molecule has 0 aromatic carbocycles. The van der Waals surface area contributed by atoms with E-state index in [9.17, 15) is 8.42 Å². The topological polar surface area (TPSA) is 66.4 Å². The maximum absolute atomic E-state index is 12.7. The Bertz CT molecular complexity index is 816. The SMILES string of the molecule is CN(Cc1nccs1)C1CC12CCN(S(=O)(=O)c1ccccn1)CC2. The molecule has 8 heteroatoms. The second-order valence-corrected chi connectivity index (χ2v) is 9.86. The van der Waals surface area contributed by atoms with Gasteiger partial charge in [0.25, 0.3) is 10.0 Å². The van der Waals surface area contributed by atoms with Gasteiger partial charge in [-0.1, -0.05) is 6.07 Å². The third-order valence-corrected chi connectivity index (χ3v) is 8.09. The minimum atomic E-state index is -3.46. The van der Waals surface area contributed by atoms with Crippen LogP contribution in [0.2, 0.25) is 0 Å². The smallest absolute Gasteiger partial charge is 0.260 e. The van der Waals surface area contributed by atoms with Gasteiger partial charge < -0.3 is 0 Å². The number of pyridine rings is 1. The third kappa shape index (κ3) is 3.23. The third-order valence-electron chi connectivity index (χ3n) is 5.51. The molecule has 4 rings (SSSR count). The summed E-state index contributed by atoms with van der Waals surface area (Å²) in [6.45, 7) is 2.04. The quantitative estimate of drug-likeness (QED) is 0.798. The lowest BCUT2D eigenvalue weighted by Crippen LogP contribution is -2.41. The van der Waals surface area contributed by atoms with Gasteiger partial charge in [0.2, 0.25) is 0 Å². The number of piperidine rings is 1. The van der Waals surface area contributed by atoms with Crippen molar-refractivity contribution in [3.05, 3.63) is 41.0 Å². The van der Waals surface area contributed by atoms with Crippen LogP contribution < -0.4 is 0 Å². The van der Waals surface area contributed by atoms with Gasteiger partial charge in [-0.25, -0.2) is 18.4 Å². The summed E-state index contributed by atoms with van der Waals surface area (Å²) >= 11 is 1.69. The molecule has 1 saturated heterocycles. The van der Waals surface area contributed by atoms with Crippen LogP contribution in [-0.4, -0.2) is 53.8 Å². The van der Waals surface area contributed by atoms with Crippen molar-refractivity contribution in [3.8, 4) is 0 Å². The molecule has 0 amide bonds. The number of nitrogens with zero attached hydrogens (tertiary/aromatic N) is 4. The average molecular weight is 379 g/mol. The lowest BCUT2D eigenvalue weighted by molar-refractivity contribution is 0.196. The summed E-state index contributed by atoms with van der Waals surface area (Å²) in [4.78, 5) is 10.8. The van der Waals surface area contributed by atoms with Crippen molar-refractivity contribution < 1.29 is 8.42 Å². The van der Waals surface area contributed by atoms with Crippen LogP contribution in [0.1, 0.15) is 24.3 Å². The molecule has 2 aromatic rings. The molecule has 134 valence electrons. The molecular formula is C17H22N4O2S2. The highest BCUT2D eigenvalue weighted by atomic mass is 32.2. The molecule has 1 atom stereocenters. The fourth-order valence-electron chi connectivity index (χ4n) is 3.95. The molecule has 0 radical (unpaired) electrons. The van der Waals surface area contributed by atoms with Gasteiger partial charge in [-0.2, -0.15) is 4.31 Å². The molecule has 3 heterocycles. The number of hydrogen-bond donors (Lipinski definition) is 0. The zero-order valence-electron chi connectivity index (χ0n) is 14.2. The lowest BCUT2D eigenvalue weighted by Gasteiger charge is -2.33. The zero-order valence-corrected chi connectivity index (χ0v) is 15.8. The minimum absolute atomic E-state index is 0.152. The van der Waals surface area contributed by atoms with Crippen LogP contribution in [0.5, 0.6) is 0 Å². The number of aromatic nitrogens is 2. The summed E-state index contributed by atoms with van der Waals surface area (Å²) in [6, 6.07) is 5.56. The molecule has 1 saturated carbocycles. The van der Waals surface area contributed by atoms with Crippen molar-refractivity contribution in [1.82, 2.24) is 19.2 Å². The summed E-state index contributed by atoms with van der Waals surface area (Å²) < 4.78 is 27.0. The van der Waals surface area contributed by atoms with Crippen LogP contribution in [0, 0.1) is 5.41 Å². The van der Waals surface area contributed by atoms with Crippen molar-refractivity contribution in [3.63, 3.8) is 0 Å². The first-order valence-electron chi connectivity index (χ1n) is 8.51. The highest BCUT2D eigenvalue weighted by Gasteiger charge is 2.57. The summed E-state index contributed by atoms with van der Waals surface area (Å²) in [5.74, 6) is 0. The first-order chi connectivity index (χ1) is 12.0. The van der Waals surface area contributed by atoms with Crippen LogP contribution in [0.4, 0.5) is 0 Å². The van der Waals surface area contributed by atoms with Crippen molar-refractivity contribution in [1.29, 1.82) is 0 Å². The molecule has 1 spiro atoms. The predicted molar refractivity (Wildman–Crippen MR) is 96.6 cm³/mol. The van der Waals surface area contributed by atoms with Crippen LogP contribution in [-0.2, 0) is 16.6 Å². The first-order valence-corrected chi connectivity index (χ1v) is 10.8. The predicted octanol–water partition coefficient (Wildman–Crippen LogP) is 2.21. The van der Waals surface area contributed by atoms with E-state index in [0.717, 1.165) is 30.8 Å². The van der Waals surface area contributed by atoms with Gasteiger partial charge in [0.15, 0.2) is 5.03 Å². The van der Waals surface area contributed by atoms with E-state index in [-0.39, 0.29) is 10.4 Å². The van der Waals surface area contributed by atoms with Crippen molar-refractivity contribution >= 4 is 21.4 Å². The largest absolute Gasteiger partial charge is 0.296 e. The van der Waals surface area contributed by atoms with E-state index < -0.39 is 10.0 Å². The Morgan fingerprint density at radius 3 is 2.72 bits per heavy atom. The number of sulfonamides is 1. The van der Waals surface area contributed by atoms with Crippen LogP contribution >= 0.6 is 11.3 Å². The zero-order chi connectivity index (χ0) is 17.5. The molecule has 6 nitrogen and oxygen atoms in total. The van der Waals surface area contributed by atoms with Crippen molar-refractivity contribution in [2.24, 2.45) is 5.41 Å². The maximum atomic E-state index is 12.7. The summed E-state index contributed by atoms with van der Waals surface area (Å²) in [5, 5.41) is 3.30. The van der Waals surface area contributed by atoms with Crippen LogP contribution in [0.15, 0.2) is 41.0 Å². The molecule has 1 unspecified atom stereocenters. The Kier molecular flexibility index (Phi) is 4.39. The molecule has 1 aliphatic carbocycles. The van der Waals surface area contributed by atoms with E-state index >= 15 is 0 Å². The summed E-state index contributed by atoms with van der Waals surface area (Å²) in [7, 11) is -1.31. The van der Waals surface area contributed by atoms with Crippen molar-refractivity contribution in [2.45, 2.75) is 36.9 Å². The van der Waals surface area contributed by atoms with E-state index in [1.54, 1.807) is 33.8 Å². The standard InChI is InChI=1S/C17H22N4O2S2/c1-20(13-15-18-8-11-24-15)14-12-17(14)5-9-21(10-6-17)25(22,23)16-4-2-3-7-19-16/h2-4,7-8,11,14H,5-6,9-10,12-13H2,1H3. The molecule has 25 heavy (non-hydrogen) atoms. The molecule has 2 aliphatic rings. The lowest BCUT2D eigenvalue weighted by atomic mass is 9.93. The molecule has 2 aromatic heterocycles. The Hall–Kier alpha value is -1.35. The minimum Gasteiger partial charge on any atom is -0.296 e. The highest BCUT2D eigenvalue weighted by Crippen LogP contribution is 2.56. The normalized spacial score (nSPS) is 23.2. The van der Waals surface area contributed by atoms with Gasteiger partial charge in [-0.15, -0.1) is 11.3 Å². The van der Waals surface area contributed by atoms with E-state index in [2.05, 4.69) is 21.9 Å². The van der Waals surface area contributed by atoms with Crippen LogP contribution in [0.25, 0.3) is 0 Å². The van der Waals surface area contributed by atoms with E-state index in [1.165, 1.54) is 6.20 Å². The monoisotopic (exact) mass is 378 g/mol. The van der Waals surface area contributed by atoms with Crippen LogP contribution in [0.3, 0.4) is 0 Å². The second-order valence-electron chi connectivity index (χ2n) is 7.00. The Labute approximate surface area is 152 Å². The second kappa shape index (κ2) is 6.42. The number of hydrogen-bond acceptors (Lipinski definition) is 6. The van der Waals surface area contributed by atoms with E-state index in [4.69, 9.17) is 0 Å². The van der Waals surface area contributed by atoms with Gasteiger partial charge in [-0.05, 0) is 43.9 Å². The van der Waals surface area contributed by atoms with Gasteiger partial charge in [0, 0.05) is 36.9 Å². The van der Waals surface area contributed by atoms with Gasteiger partial charge in [0.1, 0.15) is 5.01 Å². The summed E-state index contributed by atoms with van der Waals surface area (Å²) in [6.07, 6.45) is 6.38. The Balaban J connectivity index is 1.38. The van der Waals surface area contributed by atoms with E-state index in [0.29, 0.717) is 19.1 Å². The van der Waals surface area contributed by atoms with Gasteiger partial charge in [-0.3, -0.25) is 4.90 Å². The fraction of sp³-hybridized carbons (Fsp3) is 0.529. The molecule has 1 aliphatic heterocycles. The average Bonchev–Trinajstić information content (AvgIpc) is 3.07. The van der Waals surface area contributed by atoms with Crippen molar-refractivity contribution in [2.75, 3.05) is 20.1 Å².